The summed E-state index contributed by atoms with van der Waals surface area (Å²) < 4.78 is 2.00. The quantitative estimate of drug-likeness (QED) is 0.728. The van der Waals surface area contributed by atoms with Crippen molar-refractivity contribution < 1.29 is 5.11 Å². The maximum absolute atomic E-state index is 9.06. The molecular formula is C13H23N3O. The van der Waals surface area contributed by atoms with Crippen molar-refractivity contribution in [2.75, 3.05) is 26.2 Å². The van der Waals surface area contributed by atoms with Gasteiger partial charge in [0.2, 0.25) is 0 Å². The normalized spacial score (nSPS) is 21.1. The maximum Gasteiger partial charge on any atom is 0.0489 e. The van der Waals surface area contributed by atoms with E-state index in [1.165, 1.54) is 38.8 Å². The molecule has 1 fully saturated rings. The molecule has 1 aromatic heterocycles. The van der Waals surface area contributed by atoms with Crippen LogP contribution in [0.4, 0.5) is 0 Å². The van der Waals surface area contributed by atoms with Crippen molar-refractivity contribution in [3.63, 3.8) is 0 Å². The van der Waals surface area contributed by atoms with E-state index in [0.717, 1.165) is 13.1 Å². The van der Waals surface area contributed by atoms with Gasteiger partial charge >= 0.3 is 0 Å². The van der Waals surface area contributed by atoms with E-state index in [-0.39, 0.29) is 0 Å². The van der Waals surface area contributed by atoms with E-state index in [1.807, 2.05) is 23.1 Å². The second kappa shape index (κ2) is 6.77. The second-order valence-corrected chi connectivity index (χ2v) is 4.97. The minimum atomic E-state index is 0.357. The monoisotopic (exact) mass is 237 g/mol. The summed E-state index contributed by atoms with van der Waals surface area (Å²) in [5, 5.41) is 13.3. The first-order valence-corrected chi connectivity index (χ1v) is 6.69. The molecule has 4 nitrogen and oxygen atoms in total. The minimum Gasteiger partial charge on any atom is -0.396 e. The largest absolute Gasteiger partial charge is 0.396 e. The molecule has 2 heterocycles. The zero-order valence-electron chi connectivity index (χ0n) is 10.5. The van der Waals surface area contributed by atoms with Gasteiger partial charge < -0.3 is 10.0 Å². The summed E-state index contributed by atoms with van der Waals surface area (Å²) in [7, 11) is 0. The van der Waals surface area contributed by atoms with Gasteiger partial charge in [-0.25, -0.2) is 0 Å². The summed E-state index contributed by atoms with van der Waals surface area (Å²) in [6.45, 7) is 4.84. The van der Waals surface area contributed by atoms with Crippen LogP contribution < -0.4 is 0 Å². The molecule has 17 heavy (non-hydrogen) atoms. The number of rotatable bonds is 7. The average molecular weight is 237 g/mol. The number of unbranched alkanes of at least 4 members (excludes halogenated alkanes) is 2. The van der Waals surface area contributed by atoms with Crippen molar-refractivity contribution in [1.29, 1.82) is 0 Å². The van der Waals surface area contributed by atoms with Crippen molar-refractivity contribution in [2.45, 2.75) is 32.2 Å². The van der Waals surface area contributed by atoms with E-state index >= 15 is 0 Å². The van der Waals surface area contributed by atoms with Gasteiger partial charge in [0.1, 0.15) is 0 Å². The Labute approximate surface area is 103 Å². The molecule has 0 aromatic carbocycles. The van der Waals surface area contributed by atoms with Crippen molar-refractivity contribution in [1.82, 2.24) is 14.7 Å². The lowest BCUT2D eigenvalue weighted by molar-refractivity contribution is 0.220. The highest BCUT2D eigenvalue weighted by atomic mass is 16.3. The topological polar surface area (TPSA) is 41.3 Å². The summed E-state index contributed by atoms with van der Waals surface area (Å²) in [5.41, 5.74) is 0. The van der Waals surface area contributed by atoms with Crippen LogP contribution in [-0.4, -0.2) is 46.0 Å². The third kappa shape index (κ3) is 4.13. The lowest BCUT2D eigenvalue weighted by atomic mass is 10.1. The van der Waals surface area contributed by atoms with Crippen LogP contribution in [0.3, 0.4) is 0 Å². The predicted molar refractivity (Wildman–Crippen MR) is 67.7 cm³/mol. The first kappa shape index (κ1) is 12.6. The number of hydrogen-bond acceptors (Lipinski definition) is 3. The van der Waals surface area contributed by atoms with Gasteiger partial charge in [0.15, 0.2) is 0 Å². The first-order chi connectivity index (χ1) is 8.38. The Morgan fingerprint density at radius 3 is 2.82 bits per heavy atom. The Bertz CT molecular complexity index is 300. The van der Waals surface area contributed by atoms with E-state index in [2.05, 4.69) is 10.00 Å². The zero-order valence-corrected chi connectivity index (χ0v) is 10.5. The number of aryl methyl sites for hydroxylation is 1. The smallest absolute Gasteiger partial charge is 0.0489 e. The van der Waals surface area contributed by atoms with Crippen LogP contribution in [-0.2, 0) is 6.54 Å². The van der Waals surface area contributed by atoms with Gasteiger partial charge in [-0.05, 0) is 44.3 Å². The Hall–Kier alpha value is -0.870. The molecule has 1 N–H and O–H groups in total. The van der Waals surface area contributed by atoms with Gasteiger partial charge in [-0.15, -0.1) is 0 Å². The molecule has 96 valence electrons. The minimum absolute atomic E-state index is 0.357. The molecule has 0 spiro atoms. The molecule has 0 aliphatic carbocycles. The second-order valence-electron chi connectivity index (χ2n) is 4.97. The maximum atomic E-state index is 9.06. The lowest BCUT2D eigenvalue weighted by Gasteiger charge is -2.15. The molecule has 0 saturated carbocycles. The third-order valence-electron chi connectivity index (χ3n) is 3.55. The highest BCUT2D eigenvalue weighted by Gasteiger charge is 2.20. The van der Waals surface area contributed by atoms with Gasteiger partial charge in [0, 0.05) is 32.1 Å². The van der Waals surface area contributed by atoms with E-state index in [4.69, 9.17) is 5.11 Å². The van der Waals surface area contributed by atoms with E-state index in [1.54, 1.807) is 0 Å². The van der Waals surface area contributed by atoms with E-state index in [0.29, 0.717) is 12.5 Å². The Morgan fingerprint density at radius 1 is 1.24 bits per heavy atom. The van der Waals surface area contributed by atoms with Crippen molar-refractivity contribution in [3.8, 4) is 0 Å². The van der Waals surface area contributed by atoms with E-state index in [9.17, 15) is 0 Å². The molecule has 1 atom stereocenters. The van der Waals surface area contributed by atoms with Gasteiger partial charge in [0.05, 0.1) is 0 Å². The Kier molecular flexibility index (Phi) is 5.01. The molecule has 1 saturated heterocycles. The van der Waals surface area contributed by atoms with Gasteiger partial charge in [-0.3, -0.25) is 4.68 Å². The molecule has 4 heteroatoms. The Morgan fingerprint density at radius 2 is 2.12 bits per heavy atom. The third-order valence-corrected chi connectivity index (χ3v) is 3.55. The van der Waals surface area contributed by atoms with Gasteiger partial charge in [-0.1, -0.05) is 6.42 Å². The van der Waals surface area contributed by atoms with Crippen molar-refractivity contribution >= 4 is 0 Å². The summed E-state index contributed by atoms with van der Waals surface area (Å²) in [6.07, 6.45) is 8.76. The average Bonchev–Trinajstić information content (AvgIpc) is 2.99. The molecule has 1 aliphatic heterocycles. The predicted octanol–water partition coefficient (Wildman–Crippen LogP) is 1.37. The number of likely N-dealkylation sites (tertiary alicyclic amines) is 1. The summed E-state index contributed by atoms with van der Waals surface area (Å²) in [6, 6.07) is 1.97. The molecule has 1 unspecified atom stereocenters. The molecular weight excluding hydrogens is 214 g/mol. The SMILES string of the molecule is OCC1CCN(CCCCCn2cccn2)C1. The molecule has 1 aliphatic rings. The van der Waals surface area contributed by atoms with Crippen LogP contribution in [0.2, 0.25) is 0 Å². The van der Waals surface area contributed by atoms with Crippen molar-refractivity contribution in [3.05, 3.63) is 18.5 Å². The standard InChI is InChI=1S/C13H23N3O/c17-12-13-5-10-15(11-13)7-2-1-3-8-16-9-4-6-14-16/h4,6,9,13,17H,1-3,5,7-8,10-12H2. The molecule has 0 bridgehead atoms. The van der Waals surface area contributed by atoms with Crippen LogP contribution in [0.25, 0.3) is 0 Å². The Balaban J connectivity index is 1.49. The van der Waals surface area contributed by atoms with Crippen LogP contribution in [0.1, 0.15) is 25.7 Å². The highest BCUT2D eigenvalue weighted by molar-refractivity contribution is 4.77. The first-order valence-electron chi connectivity index (χ1n) is 6.69. The number of aromatic nitrogens is 2. The van der Waals surface area contributed by atoms with Crippen molar-refractivity contribution in [2.24, 2.45) is 5.92 Å². The van der Waals surface area contributed by atoms with Gasteiger partial charge in [0.25, 0.3) is 0 Å². The molecule has 0 radical (unpaired) electrons. The molecule has 0 amide bonds. The summed E-state index contributed by atoms with van der Waals surface area (Å²) >= 11 is 0. The fraction of sp³-hybridized carbons (Fsp3) is 0.769. The summed E-state index contributed by atoms with van der Waals surface area (Å²) in [5.74, 6) is 0.527. The number of hydrogen-bond donors (Lipinski definition) is 1. The molecule has 1 aromatic rings. The fourth-order valence-corrected chi connectivity index (χ4v) is 2.48. The van der Waals surface area contributed by atoms with Crippen LogP contribution in [0.5, 0.6) is 0 Å². The van der Waals surface area contributed by atoms with Crippen LogP contribution in [0, 0.1) is 5.92 Å². The van der Waals surface area contributed by atoms with Gasteiger partial charge in [-0.2, -0.15) is 5.10 Å². The van der Waals surface area contributed by atoms with Crippen LogP contribution >= 0.6 is 0 Å². The highest BCUT2D eigenvalue weighted by Crippen LogP contribution is 2.15. The zero-order chi connectivity index (χ0) is 11.9. The molecule has 2 rings (SSSR count). The fourth-order valence-electron chi connectivity index (χ4n) is 2.48. The number of nitrogens with zero attached hydrogens (tertiary/aromatic N) is 3. The summed E-state index contributed by atoms with van der Waals surface area (Å²) in [4.78, 5) is 2.48. The van der Waals surface area contributed by atoms with E-state index < -0.39 is 0 Å². The number of aliphatic hydroxyl groups is 1. The number of aliphatic hydroxyl groups excluding tert-OH is 1. The lowest BCUT2D eigenvalue weighted by Crippen LogP contribution is -2.22. The van der Waals surface area contributed by atoms with Crippen LogP contribution in [0.15, 0.2) is 18.5 Å².